The molecule has 3 rings (SSSR count). The molecular formula is C21H30N4O4. The van der Waals surface area contributed by atoms with Crippen LogP contribution in [0.1, 0.15) is 43.7 Å². The van der Waals surface area contributed by atoms with Crippen LogP contribution in [0.15, 0.2) is 24.3 Å². The molecule has 1 aliphatic carbocycles. The number of carbonyl (C=O) groups excluding carboxylic acids is 3. The average molecular weight is 402 g/mol. The highest BCUT2D eigenvalue weighted by atomic mass is 16.5. The van der Waals surface area contributed by atoms with E-state index in [9.17, 15) is 14.4 Å². The zero-order valence-electron chi connectivity index (χ0n) is 17.4. The maximum absolute atomic E-state index is 12.6. The molecule has 0 aromatic heterocycles. The number of amides is 4. The van der Waals surface area contributed by atoms with Crippen LogP contribution < -0.4 is 15.4 Å². The van der Waals surface area contributed by atoms with Crippen LogP contribution in [-0.2, 0) is 9.59 Å². The highest BCUT2D eigenvalue weighted by Crippen LogP contribution is 2.35. The first-order chi connectivity index (χ1) is 13.9. The number of methoxy groups -OCH3 is 1. The van der Waals surface area contributed by atoms with Gasteiger partial charge in [0.25, 0.3) is 5.91 Å². The smallest absolute Gasteiger partial charge is 0.325 e. The van der Waals surface area contributed by atoms with E-state index in [1.165, 1.54) is 4.90 Å². The molecule has 29 heavy (non-hydrogen) atoms. The van der Waals surface area contributed by atoms with Gasteiger partial charge in [0.15, 0.2) is 0 Å². The number of imide groups is 1. The van der Waals surface area contributed by atoms with E-state index in [0.29, 0.717) is 19.4 Å². The molecule has 2 fully saturated rings. The van der Waals surface area contributed by atoms with Gasteiger partial charge in [-0.05, 0) is 44.6 Å². The van der Waals surface area contributed by atoms with Crippen LogP contribution >= 0.6 is 0 Å². The molecule has 1 saturated carbocycles. The molecule has 1 heterocycles. The summed E-state index contributed by atoms with van der Waals surface area (Å²) < 4.78 is 5.19. The van der Waals surface area contributed by atoms with Gasteiger partial charge in [0.1, 0.15) is 11.3 Å². The van der Waals surface area contributed by atoms with Gasteiger partial charge in [0, 0.05) is 19.5 Å². The fourth-order valence-electron chi connectivity index (χ4n) is 4.13. The Morgan fingerprint density at radius 3 is 2.48 bits per heavy atom. The van der Waals surface area contributed by atoms with Crippen molar-refractivity contribution in [1.82, 2.24) is 20.4 Å². The van der Waals surface area contributed by atoms with Crippen LogP contribution in [0.2, 0.25) is 0 Å². The number of rotatable bonds is 8. The SMILES string of the molecule is COc1ccc([C@H](CNC(=O)CCN2C(=O)NC3(CCCC3)C2=O)N(C)C)cc1. The average Bonchev–Trinajstić information content (AvgIpc) is 3.26. The zero-order chi connectivity index (χ0) is 21.0. The first kappa shape index (κ1) is 21.1. The van der Waals surface area contributed by atoms with Crippen molar-refractivity contribution < 1.29 is 19.1 Å². The van der Waals surface area contributed by atoms with Crippen molar-refractivity contribution in [1.29, 1.82) is 0 Å². The number of nitrogens with one attached hydrogen (secondary N) is 2. The number of urea groups is 1. The summed E-state index contributed by atoms with van der Waals surface area (Å²) in [6.07, 6.45) is 3.35. The third-order valence-electron chi connectivity index (χ3n) is 5.88. The van der Waals surface area contributed by atoms with E-state index >= 15 is 0 Å². The molecule has 4 amide bonds. The summed E-state index contributed by atoms with van der Waals surface area (Å²) in [5, 5.41) is 5.76. The standard InChI is InChI=1S/C21H30N4O4/c1-24(2)17(15-6-8-16(29-3)9-7-15)14-22-18(26)10-13-25-19(27)21(23-20(25)28)11-4-5-12-21/h6-9,17H,4-5,10-14H2,1-3H3,(H,22,26)(H,23,28)/t17-/m0/s1. The second-order valence-electron chi connectivity index (χ2n) is 7.98. The van der Waals surface area contributed by atoms with Gasteiger partial charge in [-0.2, -0.15) is 0 Å². The Balaban J connectivity index is 1.52. The molecule has 2 N–H and O–H groups in total. The second kappa shape index (κ2) is 8.82. The van der Waals surface area contributed by atoms with Gasteiger partial charge in [-0.25, -0.2) is 4.79 Å². The quantitative estimate of drug-likeness (QED) is 0.646. The maximum atomic E-state index is 12.6. The highest BCUT2D eigenvalue weighted by Gasteiger charge is 2.52. The lowest BCUT2D eigenvalue weighted by Gasteiger charge is -2.25. The summed E-state index contributed by atoms with van der Waals surface area (Å²) in [6, 6.07) is 7.36. The molecule has 1 aromatic rings. The van der Waals surface area contributed by atoms with Crippen LogP contribution in [0.25, 0.3) is 0 Å². The van der Waals surface area contributed by atoms with Crippen molar-refractivity contribution in [3.8, 4) is 5.75 Å². The Labute approximate surface area is 171 Å². The summed E-state index contributed by atoms with van der Waals surface area (Å²) in [7, 11) is 5.53. The van der Waals surface area contributed by atoms with Gasteiger partial charge in [0.2, 0.25) is 5.91 Å². The van der Waals surface area contributed by atoms with Crippen LogP contribution in [0, 0.1) is 0 Å². The van der Waals surface area contributed by atoms with Crippen LogP contribution in [-0.4, -0.2) is 67.5 Å². The summed E-state index contributed by atoms with van der Waals surface area (Å²) in [5.41, 5.74) is 0.339. The number of hydrogen-bond donors (Lipinski definition) is 2. The molecule has 0 radical (unpaired) electrons. The number of likely N-dealkylation sites (N-methyl/N-ethyl adjacent to an activating group) is 1. The van der Waals surface area contributed by atoms with Gasteiger partial charge < -0.3 is 20.3 Å². The molecule has 1 saturated heterocycles. The Kier molecular flexibility index (Phi) is 6.42. The van der Waals surface area contributed by atoms with Gasteiger partial charge in [-0.15, -0.1) is 0 Å². The molecule has 1 aromatic carbocycles. The minimum Gasteiger partial charge on any atom is -0.497 e. The topological polar surface area (TPSA) is 91.0 Å². The second-order valence-corrected chi connectivity index (χ2v) is 7.98. The number of ether oxygens (including phenoxy) is 1. The lowest BCUT2D eigenvalue weighted by Crippen LogP contribution is -2.44. The number of benzene rings is 1. The number of nitrogens with zero attached hydrogens (tertiary/aromatic N) is 2. The largest absolute Gasteiger partial charge is 0.497 e. The summed E-state index contributed by atoms with van der Waals surface area (Å²) in [4.78, 5) is 40.4. The van der Waals surface area contributed by atoms with Crippen LogP contribution in [0.5, 0.6) is 5.75 Å². The molecule has 1 atom stereocenters. The Morgan fingerprint density at radius 1 is 1.24 bits per heavy atom. The Morgan fingerprint density at radius 2 is 1.90 bits per heavy atom. The first-order valence-corrected chi connectivity index (χ1v) is 10.1. The summed E-state index contributed by atoms with van der Waals surface area (Å²) in [6.45, 7) is 0.537. The number of hydrogen-bond acceptors (Lipinski definition) is 5. The van der Waals surface area contributed by atoms with Gasteiger partial charge in [-0.3, -0.25) is 14.5 Å². The van der Waals surface area contributed by atoms with E-state index in [-0.39, 0.29) is 36.9 Å². The number of carbonyl (C=O) groups is 3. The molecule has 1 spiro atoms. The molecule has 158 valence electrons. The molecule has 0 unspecified atom stereocenters. The normalized spacial score (nSPS) is 19.0. The van der Waals surface area contributed by atoms with E-state index in [1.54, 1.807) is 7.11 Å². The first-order valence-electron chi connectivity index (χ1n) is 10.1. The molecule has 8 heteroatoms. The van der Waals surface area contributed by atoms with Crippen molar-refractivity contribution in [3.63, 3.8) is 0 Å². The molecule has 2 aliphatic rings. The van der Waals surface area contributed by atoms with Crippen molar-refractivity contribution in [2.75, 3.05) is 34.3 Å². The fourth-order valence-corrected chi connectivity index (χ4v) is 4.13. The minimum atomic E-state index is -0.724. The predicted molar refractivity (Wildman–Crippen MR) is 108 cm³/mol. The van der Waals surface area contributed by atoms with Crippen molar-refractivity contribution in [2.24, 2.45) is 0 Å². The van der Waals surface area contributed by atoms with E-state index in [4.69, 9.17) is 4.74 Å². The van der Waals surface area contributed by atoms with Crippen molar-refractivity contribution in [2.45, 2.75) is 43.7 Å². The van der Waals surface area contributed by atoms with Crippen LogP contribution in [0.4, 0.5) is 4.79 Å². The fraction of sp³-hybridized carbons (Fsp3) is 0.571. The molecular weight excluding hydrogens is 372 g/mol. The van der Waals surface area contributed by atoms with Gasteiger partial charge in [-0.1, -0.05) is 25.0 Å². The summed E-state index contributed by atoms with van der Waals surface area (Å²) >= 11 is 0. The minimum absolute atomic E-state index is 0.00308. The third kappa shape index (κ3) is 4.53. The lowest BCUT2D eigenvalue weighted by molar-refractivity contribution is -0.131. The van der Waals surface area contributed by atoms with Crippen molar-refractivity contribution >= 4 is 17.8 Å². The molecule has 0 bridgehead atoms. The van der Waals surface area contributed by atoms with Gasteiger partial charge in [0.05, 0.1) is 13.2 Å². The Bertz CT molecular complexity index is 756. The van der Waals surface area contributed by atoms with E-state index in [2.05, 4.69) is 10.6 Å². The predicted octanol–water partition coefficient (Wildman–Crippen LogP) is 1.67. The van der Waals surface area contributed by atoms with Gasteiger partial charge >= 0.3 is 6.03 Å². The van der Waals surface area contributed by atoms with Crippen molar-refractivity contribution in [3.05, 3.63) is 29.8 Å². The maximum Gasteiger partial charge on any atom is 0.325 e. The highest BCUT2D eigenvalue weighted by molar-refractivity contribution is 6.07. The third-order valence-corrected chi connectivity index (χ3v) is 5.88. The monoisotopic (exact) mass is 402 g/mol. The molecule has 8 nitrogen and oxygen atoms in total. The van der Waals surface area contributed by atoms with Crippen LogP contribution in [0.3, 0.4) is 0 Å². The summed E-state index contributed by atoms with van der Waals surface area (Å²) in [5.74, 6) is 0.416. The molecule has 1 aliphatic heterocycles. The van der Waals surface area contributed by atoms with E-state index in [1.807, 2.05) is 43.3 Å². The lowest BCUT2D eigenvalue weighted by atomic mass is 9.98. The zero-order valence-corrected chi connectivity index (χ0v) is 17.4. The van der Waals surface area contributed by atoms with E-state index in [0.717, 1.165) is 24.2 Å². The Hall–Kier alpha value is -2.61. The van der Waals surface area contributed by atoms with E-state index < -0.39 is 5.54 Å².